The van der Waals surface area contributed by atoms with Crippen molar-refractivity contribution in [3.63, 3.8) is 0 Å². The number of fused-ring (bicyclic) bond motifs is 1. The van der Waals surface area contributed by atoms with E-state index in [0.29, 0.717) is 12.8 Å². The van der Waals surface area contributed by atoms with Gasteiger partial charge in [0.25, 0.3) is 0 Å². The molecule has 3 heteroatoms. The van der Waals surface area contributed by atoms with Crippen LogP contribution in [0, 0.1) is 5.92 Å². The summed E-state index contributed by atoms with van der Waals surface area (Å²) in [5.41, 5.74) is 1.21. The van der Waals surface area contributed by atoms with Gasteiger partial charge in [0, 0.05) is 6.42 Å². The van der Waals surface area contributed by atoms with Crippen LogP contribution < -0.4 is 0 Å². The third-order valence-corrected chi connectivity index (χ3v) is 4.39. The van der Waals surface area contributed by atoms with E-state index >= 15 is 0 Å². The van der Waals surface area contributed by atoms with Gasteiger partial charge in [-0.05, 0) is 35.1 Å². The second-order valence-electron chi connectivity index (χ2n) is 5.59. The average Bonchev–Trinajstić information content (AvgIpc) is 2.53. The molecule has 0 amide bonds. The Labute approximate surface area is 123 Å². The lowest BCUT2D eigenvalue weighted by molar-refractivity contribution is -0.150. The quantitative estimate of drug-likeness (QED) is 0.626. The largest absolute Gasteiger partial charge is 0.468 e. The second kappa shape index (κ2) is 5.68. The lowest BCUT2D eigenvalue weighted by atomic mass is 9.76. The van der Waals surface area contributed by atoms with Crippen LogP contribution in [0.1, 0.15) is 30.7 Å². The van der Waals surface area contributed by atoms with Gasteiger partial charge in [0.15, 0.2) is 0 Å². The highest BCUT2D eigenvalue weighted by Gasteiger charge is 2.35. The third kappa shape index (κ3) is 2.56. The van der Waals surface area contributed by atoms with E-state index in [4.69, 9.17) is 4.74 Å². The predicted octanol–water partition coefficient (Wildman–Crippen LogP) is 3.47. The minimum atomic E-state index is -0.568. The summed E-state index contributed by atoms with van der Waals surface area (Å²) in [5, 5.41) is 2.40. The third-order valence-electron chi connectivity index (χ3n) is 4.39. The number of hydrogen-bond donors (Lipinski definition) is 0. The van der Waals surface area contributed by atoms with Crippen LogP contribution in [0.15, 0.2) is 42.5 Å². The van der Waals surface area contributed by atoms with Crippen molar-refractivity contribution in [3.8, 4) is 0 Å². The van der Waals surface area contributed by atoms with Crippen LogP contribution in [0.25, 0.3) is 10.8 Å². The molecule has 0 heterocycles. The lowest BCUT2D eigenvalue weighted by Gasteiger charge is -2.27. The van der Waals surface area contributed by atoms with E-state index in [0.717, 1.165) is 6.42 Å². The lowest BCUT2D eigenvalue weighted by Crippen LogP contribution is -2.31. The van der Waals surface area contributed by atoms with Gasteiger partial charge in [-0.25, -0.2) is 0 Å². The minimum absolute atomic E-state index is 0.00559. The molecular weight excluding hydrogens is 264 g/mol. The molecule has 1 saturated carbocycles. The normalized spacial score (nSPS) is 22.2. The van der Waals surface area contributed by atoms with Crippen LogP contribution in [0.5, 0.6) is 0 Å². The van der Waals surface area contributed by atoms with E-state index in [1.54, 1.807) is 0 Å². The molecule has 1 fully saturated rings. The van der Waals surface area contributed by atoms with Gasteiger partial charge < -0.3 is 4.74 Å². The van der Waals surface area contributed by atoms with Crippen molar-refractivity contribution < 1.29 is 14.3 Å². The first-order chi connectivity index (χ1) is 10.2. The van der Waals surface area contributed by atoms with Crippen molar-refractivity contribution in [1.29, 1.82) is 0 Å². The SMILES string of the molecule is COC(=O)C1CCC(c2cccc3ccccc23)CC1=O. The first-order valence-corrected chi connectivity index (χ1v) is 7.29. The summed E-state index contributed by atoms with van der Waals surface area (Å²) >= 11 is 0. The van der Waals surface area contributed by atoms with Gasteiger partial charge in [-0.15, -0.1) is 0 Å². The molecule has 2 aromatic rings. The molecule has 21 heavy (non-hydrogen) atoms. The highest BCUT2D eigenvalue weighted by molar-refractivity contribution is 6.00. The van der Waals surface area contributed by atoms with Gasteiger partial charge in [-0.1, -0.05) is 42.5 Å². The number of rotatable bonds is 2. The fourth-order valence-electron chi connectivity index (χ4n) is 3.28. The summed E-state index contributed by atoms with van der Waals surface area (Å²) in [7, 11) is 1.34. The maximum Gasteiger partial charge on any atom is 0.316 e. The van der Waals surface area contributed by atoms with Gasteiger partial charge in [-0.2, -0.15) is 0 Å². The number of carbonyl (C=O) groups is 2. The number of carbonyl (C=O) groups excluding carboxylic acids is 2. The zero-order chi connectivity index (χ0) is 14.8. The van der Waals surface area contributed by atoms with Crippen molar-refractivity contribution in [1.82, 2.24) is 0 Å². The summed E-state index contributed by atoms with van der Waals surface area (Å²) in [6.07, 6.45) is 1.85. The molecule has 2 atom stereocenters. The fourth-order valence-corrected chi connectivity index (χ4v) is 3.28. The fraction of sp³-hybridized carbons (Fsp3) is 0.333. The number of methoxy groups -OCH3 is 1. The zero-order valence-electron chi connectivity index (χ0n) is 12.0. The highest BCUT2D eigenvalue weighted by Crippen LogP contribution is 2.37. The van der Waals surface area contributed by atoms with Gasteiger partial charge in [0.1, 0.15) is 11.7 Å². The van der Waals surface area contributed by atoms with Crippen LogP contribution in [0.4, 0.5) is 0 Å². The van der Waals surface area contributed by atoms with E-state index in [2.05, 4.69) is 24.3 Å². The highest BCUT2D eigenvalue weighted by atomic mass is 16.5. The number of hydrogen-bond acceptors (Lipinski definition) is 3. The Morgan fingerprint density at radius 3 is 2.62 bits per heavy atom. The Morgan fingerprint density at radius 1 is 1.10 bits per heavy atom. The van der Waals surface area contributed by atoms with Gasteiger partial charge in [0.05, 0.1) is 7.11 Å². The molecule has 1 aliphatic rings. The summed E-state index contributed by atoms with van der Waals surface area (Å²) in [5.74, 6) is -0.756. The van der Waals surface area contributed by atoms with Gasteiger partial charge in [-0.3, -0.25) is 9.59 Å². The van der Waals surface area contributed by atoms with Gasteiger partial charge >= 0.3 is 5.97 Å². The molecule has 3 nitrogen and oxygen atoms in total. The molecule has 0 radical (unpaired) electrons. The van der Waals surface area contributed by atoms with Crippen molar-refractivity contribution >= 4 is 22.5 Å². The molecule has 0 aromatic heterocycles. The van der Waals surface area contributed by atoms with Crippen LogP contribution in [-0.2, 0) is 14.3 Å². The number of Topliss-reactive ketones (excluding diaryl/α,β-unsaturated/α-hetero) is 1. The van der Waals surface area contributed by atoms with E-state index in [1.165, 1.54) is 23.4 Å². The first kappa shape index (κ1) is 13.8. The molecule has 1 aliphatic carbocycles. The topological polar surface area (TPSA) is 43.4 Å². The maximum atomic E-state index is 12.2. The molecule has 0 saturated heterocycles. The summed E-state index contributed by atoms with van der Waals surface area (Å²) in [6.45, 7) is 0. The molecule has 2 unspecified atom stereocenters. The monoisotopic (exact) mass is 282 g/mol. The Morgan fingerprint density at radius 2 is 1.86 bits per heavy atom. The van der Waals surface area contributed by atoms with Gasteiger partial charge in [0.2, 0.25) is 0 Å². The standard InChI is InChI=1S/C18H18O3/c1-21-18(20)16-10-9-13(11-17(16)19)15-8-4-6-12-5-2-3-7-14(12)15/h2-8,13,16H,9-11H2,1H3. The zero-order valence-corrected chi connectivity index (χ0v) is 12.0. The van der Waals surface area contributed by atoms with Crippen molar-refractivity contribution in [2.45, 2.75) is 25.2 Å². The van der Waals surface area contributed by atoms with E-state index in [9.17, 15) is 9.59 Å². The first-order valence-electron chi connectivity index (χ1n) is 7.29. The molecule has 3 rings (SSSR count). The molecule has 0 spiro atoms. The van der Waals surface area contributed by atoms with Crippen LogP contribution in [0.3, 0.4) is 0 Å². The Kier molecular flexibility index (Phi) is 3.74. The maximum absolute atomic E-state index is 12.2. The molecule has 2 aromatic carbocycles. The number of ketones is 1. The molecule has 0 aliphatic heterocycles. The van der Waals surface area contributed by atoms with E-state index in [-0.39, 0.29) is 11.7 Å². The second-order valence-corrected chi connectivity index (χ2v) is 5.59. The smallest absolute Gasteiger partial charge is 0.316 e. The summed E-state index contributed by atoms with van der Waals surface area (Å²) in [6, 6.07) is 14.4. The van der Waals surface area contributed by atoms with Crippen LogP contribution in [0.2, 0.25) is 0 Å². The molecule has 0 bridgehead atoms. The average molecular weight is 282 g/mol. The van der Waals surface area contributed by atoms with E-state index < -0.39 is 11.9 Å². The number of benzene rings is 2. The molecular formula is C18H18O3. The summed E-state index contributed by atoms with van der Waals surface area (Å²) in [4.78, 5) is 23.8. The summed E-state index contributed by atoms with van der Waals surface area (Å²) < 4.78 is 4.71. The Hall–Kier alpha value is -2.16. The predicted molar refractivity (Wildman–Crippen MR) is 81.1 cm³/mol. The minimum Gasteiger partial charge on any atom is -0.468 e. The van der Waals surface area contributed by atoms with Crippen molar-refractivity contribution in [2.24, 2.45) is 5.92 Å². The Balaban J connectivity index is 1.89. The van der Waals surface area contributed by atoms with Crippen LogP contribution >= 0.6 is 0 Å². The number of esters is 1. The van der Waals surface area contributed by atoms with Crippen molar-refractivity contribution in [2.75, 3.05) is 7.11 Å². The van der Waals surface area contributed by atoms with E-state index in [1.807, 2.05) is 18.2 Å². The Bertz CT molecular complexity index is 684. The van der Waals surface area contributed by atoms with Crippen molar-refractivity contribution in [3.05, 3.63) is 48.0 Å². The molecule has 0 N–H and O–H groups in total. The number of ether oxygens (including phenoxy) is 1. The molecule has 108 valence electrons. The van der Waals surface area contributed by atoms with Crippen LogP contribution in [-0.4, -0.2) is 18.9 Å².